The van der Waals surface area contributed by atoms with E-state index in [0.717, 1.165) is 24.9 Å². The maximum atomic E-state index is 6.07. The first kappa shape index (κ1) is 18.5. The van der Waals surface area contributed by atoms with Gasteiger partial charge in [-0.3, -0.25) is 0 Å². The van der Waals surface area contributed by atoms with Crippen LogP contribution in [0.25, 0.3) is 0 Å². The van der Waals surface area contributed by atoms with Crippen molar-refractivity contribution in [1.29, 1.82) is 0 Å². The summed E-state index contributed by atoms with van der Waals surface area (Å²) in [6.07, 6.45) is 2.12. The molecule has 0 amide bonds. The SMILES string of the molecule is CCCCNC(N=C(N)N)=NCc1ccccc1Cl.Cl. The van der Waals surface area contributed by atoms with Crippen LogP contribution in [0, 0.1) is 0 Å². The van der Waals surface area contributed by atoms with Crippen molar-refractivity contribution in [3.05, 3.63) is 34.9 Å². The molecule has 20 heavy (non-hydrogen) atoms. The molecule has 7 heteroatoms. The molecule has 0 aliphatic heterocycles. The van der Waals surface area contributed by atoms with Crippen molar-refractivity contribution in [2.24, 2.45) is 21.5 Å². The molecule has 1 aromatic carbocycles. The largest absolute Gasteiger partial charge is 0.370 e. The number of guanidine groups is 2. The number of nitrogens with one attached hydrogen (secondary N) is 1. The van der Waals surface area contributed by atoms with Crippen LogP contribution < -0.4 is 16.8 Å². The maximum absolute atomic E-state index is 6.07. The van der Waals surface area contributed by atoms with E-state index < -0.39 is 0 Å². The smallest absolute Gasteiger partial charge is 0.221 e. The molecule has 0 aliphatic rings. The fourth-order valence-electron chi connectivity index (χ4n) is 1.42. The van der Waals surface area contributed by atoms with E-state index in [1.165, 1.54) is 0 Å². The molecule has 1 rings (SSSR count). The minimum atomic E-state index is -0.0121. The lowest BCUT2D eigenvalue weighted by Gasteiger charge is -2.06. The van der Waals surface area contributed by atoms with Crippen molar-refractivity contribution in [3.63, 3.8) is 0 Å². The standard InChI is InChI=1S/C13H20ClN5.ClH/c1-2-3-8-17-13(19-12(15)16)18-9-10-6-4-5-7-11(10)14;/h4-7H,2-3,8-9H2,1H3,(H5,15,16,17,18,19);1H. The van der Waals surface area contributed by atoms with E-state index in [-0.39, 0.29) is 18.4 Å². The molecule has 5 nitrogen and oxygen atoms in total. The number of rotatable bonds is 5. The lowest BCUT2D eigenvalue weighted by atomic mass is 10.2. The Hall–Kier alpha value is -1.46. The highest BCUT2D eigenvalue weighted by atomic mass is 35.5. The summed E-state index contributed by atoms with van der Waals surface area (Å²) in [6, 6.07) is 7.55. The van der Waals surface area contributed by atoms with Gasteiger partial charge in [0.2, 0.25) is 5.96 Å². The molecule has 0 atom stereocenters. The number of aliphatic imine (C=N–C) groups is 2. The van der Waals surface area contributed by atoms with Gasteiger partial charge < -0.3 is 16.8 Å². The highest BCUT2D eigenvalue weighted by molar-refractivity contribution is 6.31. The monoisotopic (exact) mass is 317 g/mol. The average molecular weight is 318 g/mol. The lowest BCUT2D eigenvalue weighted by Crippen LogP contribution is -2.30. The van der Waals surface area contributed by atoms with Crippen molar-refractivity contribution >= 4 is 35.9 Å². The van der Waals surface area contributed by atoms with E-state index >= 15 is 0 Å². The Morgan fingerprint density at radius 1 is 1.30 bits per heavy atom. The van der Waals surface area contributed by atoms with Crippen molar-refractivity contribution in [2.45, 2.75) is 26.3 Å². The van der Waals surface area contributed by atoms with Crippen molar-refractivity contribution in [3.8, 4) is 0 Å². The van der Waals surface area contributed by atoms with Crippen molar-refractivity contribution in [1.82, 2.24) is 5.32 Å². The highest BCUT2D eigenvalue weighted by Crippen LogP contribution is 2.15. The van der Waals surface area contributed by atoms with Gasteiger partial charge in [0.05, 0.1) is 6.54 Å². The number of nitrogens with zero attached hydrogens (tertiary/aromatic N) is 2. The topological polar surface area (TPSA) is 88.8 Å². The molecule has 0 bridgehead atoms. The van der Waals surface area contributed by atoms with Crippen LogP contribution in [0.4, 0.5) is 0 Å². The van der Waals surface area contributed by atoms with Crippen LogP contribution in [0.5, 0.6) is 0 Å². The number of halogens is 2. The van der Waals surface area contributed by atoms with Gasteiger partial charge in [-0.1, -0.05) is 43.1 Å². The van der Waals surface area contributed by atoms with E-state index in [9.17, 15) is 0 Å². The van der Waals surface area contributed by atoms with E-state index in [1.54, 1.807) is 0 Å². The lowest BCUT2D eigenvalue weighted by molar-refractivity contribution is 0.748. The van der Waals surface area contributed by atoms with Crippen molar-refractivity contribution in [2.75, 3.05) is 6.54 Å². The summed E-state index contributed by atoms with van der Waals surface area (Å²) in [5, 5.41) is 3.79. The van der Waals surface area contributed by atoms with Crippen LogP contribution in [0.1, 0.15) is 25.3 Å². The van der Waals surface area contributed by atoms with Gasteiger partial charge in [-0.25, -0.2) is 4.99 Å². The summed E-state index contributed by atoms with van der Waals surface area (Å²) in [5.41, 5.74) is 11.7. The molecular weight excluding hydrogens is 297 g/mol. The Labute approximate surface area is 130 Å². The molecule has 0 fully saturated rings. The zero-order chi connectivity index (χ0) is 14.1. The van der Waals surface area contributed by atoms with E-state index in [0.29, 0.717) is 17.5 Å². The number of nitrogens with two attached hydrogens (primary N) is 2. The zero-order valence-electron chi connectivity index (χ0n) is 11.5. The summed E-state index contributed by atoms with van der Waals surface area (Å²) >= 11 is 6.07. The van der Waals surface area contributed by atoms with E-state index in [2.05, 4.69) is 22.2 Å². The summed E-state index contributed by atoms with van der Waals surface area (Å²) in [7, 11) is 0. The molecule has 0 aromatic heterocycles. The molecule has 0 radical (unpaired) electrons. The molecule has 0 heterocycles. The van der Waals surface area contributed by atoms with Gasteiger partial charge in [0.1, 0.15) is 0 Å². The van der Waals surface area contributed by atoms with Gasteiger partial charge in [-0.05, 0) is 18.1 Å². The Kier molecular flexibility index (Phi) is 9.59. The first-order chi connectivity index (χ1) is 9.13. The van der Waals surface area contributed by atoms with Crippen LogP contribution in [0.15, 0.2) is 34.3 Å². The number of hydrogen-bond donors (Lipinski definition) is 3. The second-order valence-corrected chi connectivity index (χ2v) is 4.46. The van der Waals surface area contributed by atoms with Gasteiger partial charge in [0.25, 0.3) is 0 Å². The third kappa shape index (κ3) is 7.21. The molecule has 1 aromatic rings. The second-order valence-electron chi connectivity index (χ2n) is 4.05. The first-order valence-electron chi connectivity index (χ1n) is 6.24. The van der Waals surface area contributed by atoms with Crippen LogP contribution in [-0.4, -0.2) is 18.5 Å². The Bertz CT molecular complexity index is 456. The van der Waals surface area contributed by atoms with Crippen LogP contribution in [0.2, 0.25) is 5.02 Å². The molecule has 0 saturated heterocycles. The Morgan fingerprint density at radius 2 is 2.00 bits per heavy atom. The normalized spacial score (nSPS) is 10.6. The van der Waals surface area contributed by atoms with Gasteiger partial charge in [-0.15, -0.1) is 12.4 Å². The molecule has 5 N–H and O–H groups in total. The molecule has 0 saturated carbocycles. The number of benzene rings is 1. The van der Waals surface area contributed by atoms with Crippen LogP contribution in [0.3, 0.4) is 0 Å². The Balaban J connectivity index is 0.00000361. The predicted molar refractivity (Wildman–Crippen MR) is 88.6 cm³/mol. The quantitative estimate of drug-likeness (QED) is 0.442. The van der Waals surface area contributed by atoms with Crippen LogP contribution >= 0.6 is 24.0 Å². The highest BCUT2D eigenvalue weighted by Gasteiger charge is 2.00. The summed E-state index contributed by atoms with van der Waals surface area (Å²) in [4.78, 5) is 8.30. The Morgan fingerprint density at radius 3 is 2.60 bits per heavy atom. The van der Waals surface area contributed by atoms with Gasteiger partial charge in [-0.2, -0.15) is 4.99 Å². The zero-order valence-corrected chi connectivity index (χ0v) is 13.0. The summed E-state index contributed by atoms with van der Waals surface area (Å²) in [6.45, 7) is 3.34. The number of unbranched alkanes of at least 4 members (excludes halogenated alkanes) is 1. The minimum absolute atomic E-state index is 0. The fourth-order valence-corrected chi connectivity index (χ4v) is 1.61. The summed E-state index contributed by atoms with van der Waals surface area (Å²) < 4.78 is 0. The predicted octanol–water partition coefficient (Wildman–Crippen LogP) is 2.28. The second kappa shape index (κ2) is 10.3. The van der Waals surface area contributed by atoms with Crippen molar-refractivity contribution < 1.29 is 0 Å². The van der Waals surface area contributed by atoms with Gasteiger partial charge in [0.15, 0.2) is 5.96 Å². The minimum Gasteiger partial charge on any atom is -0.370 e. The fraction of sp³-hybridized carbons (Fsp3) is 0.385. The average Bonchev–Trinajstić information content (AvgIpc) is 2.37. The molecule has 0 aliphatic carbocycles. The molecule has 112 valence electrons. The summed E-state index contributed by atoms with van der Waals surface area (Å²) in [5.74, 6) is 0.426. The third-order valence-electron chi connectivity index (χ3n) is 2.41. The van der Waals surface area contributed by atoms with Gasteiger partial charge in [0, 0.05) is 11.6 Å². The first-order valence-corrected chi connectivity index (χ1v) is 6.62. The molecule has 0 unspecified atom stereocenters. The van der Waals surface area contributed by atoms with Gasteiger partial charge >= 0.3 is 0 Å². The molecular formula is C13H21Cl2N5. The van der Waals surface area contributed by atoms with E-state index in [1.807, 2.05) is 24.3 Å². The third-order valence-corrected chi connectivity index (χ3v) is 2.77. The number of hydrogen-bond acceptors (Lipinski definition) is 1. The molecule has 0 spiro atoms. The maximum Gasteiger partial charge on any atom is 0.221 e. The van der Waals surface area contributed by atoms with E-state index in [4.69, 9.17) is 23.1 Å². The van der Waals surface area contributed by atoms with Crippen LogP contribution in [-0.2, 0) is 6.54 Å².